The maximum atomic E-state index is 12.5. The Morgan fingerprint density at radius 1 is 1.00 bits per heavy atom. The number of aryl methyl sites for hydroxylation is 1. The van der Waals surface area contributed by atoms with Gasteiger partial charge in [0, 0.05) is 11.3 Å². The molecule has 3 rings (SSSR count). The monoisotopic (exact) mass is 384 g/mol. The molecule has 0 unspecified atom stereocenters. The van der Waals surface area contributed by atoms with Crippen molar-refractivity contribution in [2.24, 2.45) is 0 Å². The molecule has 6 heteroatoms. The Kier molecular flexibility index (Phi) is 5.71. The van der Waals surface area contributed by atoms with Crippen LogP contribution in [0, 0.1) is 0 Å². The highest BCUT2D eigenvalue weighted by atomic mass is 35.5. The Labute approximate surface area is 160 Å². The number of benzene rings is 2. The third-order valence-electron chi connectivity index (χ3n) is 3.81. The summed E-state index contributed by atoms with van der Waals surface area (Å²) in [6.07, 6.45) is 0.892. The molecule has 0 bridgehead atoms. The van der Waals surface area contributed by atoms with Gasteiger partial charge in [-0.05, 0) is 53.8 Å². The average molecular weight is 385 g/mol. The predicted octanol–water partition coefficient (Wildman–Crippen LogP) is 5.47. The van der Waals surface area contributed by atoms with Gasteiger partial charge in [0.25, 0.3) is 11.8 Å². The summed E-state index contributed by atoms with van der Waals surface area (Å²) in [6.45, 7) is 2.06. The Hall–Kier alpha value is -2.63. The summed E-state index contributed by atoms with van der Waals surface area (Å²) in [7, 11) is 0. The molecule has 0 radical (unpaired) electrons. The van der Waals surface area contributed by atoms with Gasteiger partial charge in [-0.1, -0.05) is 36.7 Å². The fourth-order valence-corrected chi connectivity index (χ4v) is 3.21. The summed E-state index contributed by atoms with van der Waals surface area (Å²) in [5, 5.41) is 7.82. The van der Waals surface area contributed by atoms with Crippen molar-refractivity contribution in [3.63, 3.8) is 0 Å². The van der Waals surface area contributed by atoms with Gasteiger partial charge in [-0.15, -0.1) is 11.3 Å². The van der Waals surface area contributed by atoms with Crippen LogP contribution in [-0.4, -0.2) is 11.8 Å². The zero-order valence-electron chi connectivity index (χ0n) is 14.1. The van der Waals surface area contributed by atoms with Crippen molar-refractivity contribution in [2.45, 2.75) is 13.3 Å². The molecule has 2 aromatic carbocycles. The number of halogens is 1. The molecule has 2 N–H and O–H groups in total. The zero-order chi connectivity index (χ0) is 18.5. The maximum absolute atomic E-state index is 12.5. The summed E-state index contributed by atoms with van der Waals surface area (Å²) in [4.78, 5) is 25.3. The lowest BCUT2D eigenvalue weighted by atomic mass is 10.1. The number of nitrogens with one attached hydrogen (secondary N) is 2. The molecule has 1 aromatic heterocycles. The van der Waals surface area contributed by atoms with Crippen molar-refractivity contribution in [3.05, 3.63) is 81.0 Å². The lowest BCUT2D eigenvalue weighted by molar-refractivity contribution is 0.101. The number of carbonyl (C=O) groups excluding carboxylic acids is 2. The largest absolute Gasteiger partial charge is 0.322 e. The number of thiophene rings is 1. The molecule has 0 saturated carbocycles. The molecule has 2 amide bonds. The summed E-state index contributed by atoms with van der Waals surface area (Å²) in [6, 6.07) is 16.0. The summed E-state index contributed by atoms with van der Waals surface area (Å²) < 4.78 is 0. The number of hydrogen-bond donors (Lipinski definition) is 2. The number of amides is 2. The third-order valence-corrected chi connectivity index (χ3v) is 5.01. The van der Waals surface area contributed by atoms with Gasteiger partial charge in [0.05, 0.1) is 15.6 Å². The van der Waals surface area contributed by atoms with Crippen LogP contribution in [0.2, 0.25) is 5.02 Å². The maximum Gasteiger partial charge on any atom is 0.265 e. The van der Waals surface area contributed by atoms with E-state index in [0.717, 1.165) is 17.7 Å². The molecule has 132 valence electrons. The molecule has 0 saturated heterocycles. The second-order valence-electron chi connectivity index (χ2n) is 5.63. The number of hydrogen-bond acceptors (Lipinski definition) is 3. The average Bonchev–Trinajstić information content (AvgIpc) is 3.18. The van der Waals surface area contributed by atoms with E-state index in [4.69, 9.17) is 11.6 Å². The molecular formula is C20H17ClN2O2S. The summed E-state index contributed by atoms with van der Waals surface area (Å²) in [5.41, 5.74) is 2.69. The Morgan fingerprint density at radius 2 is 1.85 bits per heavy atom. The van der Waals surface area contributed by atoms with E-state index in [1.54, 1.807) is 30.3 Å². The van der Waals surface area contributed by atoms with Gasteiger partial charge in [-0.3, -0.25) is 9.59 Å². The second-order valence-corrected chi connectivity index (χ2v) is 6.99. The van der Waals surface area contributed by atoms with Gasteiger partial charge in [0.2, 0.25) is 0 Å². The van der Waals surface area contributed by atoms with Crippen molar-refractivity contribution in [1.29, 1.82) is 0 Å². The quantitative estimate of drug-likeness (QED) is 0.612. The number of carbonyl (C=O) groups is 2. The van der Waals surface area contributed by atoms with Crippen LogP contribution >= 0.6 is 22.9 Å². The Morgan fingerprint density at radius 3 is 2.58 bits per heavy atom. The lowest BCUT2D eigenvalue weighted by Gasteiger charge is -2.10. The highest BCUT2D eigenvalue weighted by Crippen LogP contribution is 2.25. The summed E-state index contributed by atoms with van der Waals surface area (Å²) >= 11 is 7.50. The van der Waals surface area contributed by atoms with Gasteiger partial charge in [0.1, 0.15) is 0 Å². The van der Waals surface area contributed by atoms with Gasteiger partial charge in [-0.2, -0.15) is 0 Å². The molecule has 0 spiro atoms. The fraction of sp³-hybridized carbons (Fsp3) is 0.100. The topological polar surface area (TPSA) is 58.2 Å². The van der Waals surface area contributed by atoms with Crippen molar-refractivity contribution in [1.82, 2.24) is 0 Å². The van der Waals surface area contributed by atoms with Gasteiger partial charge < -0.3 is 10.6 Å². The first kappa shape index (κ1) is 18.2. The molecule has 0 atom stereocenters. The minimum Gasteiger partial charge on any atom is -0.322 e. The van der Waals surface area contributed by atoms with Crippen LogP contribution in [0.4, 0.5) is 11.4 Å². The predicted molar refractivity (Wildman–Crippen MR) is 107 cm³/mol. The van der Waals surface area contributed by atoms with Gasteiger partial charge in [0.15, 0.2) is 0 Å². The van der Waals surface area contributed by atoms with Crippen molar-refractivity contribution in [2.75, 3.05) is 10.6 Å². The molecule has 3 aromatic rings. The molecule has 0 aliphatic carbocycles. The first-order valence-electron chi connectivity index (χ1n) is 8.11. The lowest BCUT2D eigenvalue weighted by Crippen LogP contribution is -2.14. The number of rotatable bonds is 5. The van der Waals surface area contributed by atoms with Crippen LogP contribution < -0.4 is 10.6 Å². The van der Waals surface area contributed by atoms with Crippen molar-refractivity contribution in [3.8, 4) is 0 Å². The first-order valence-corrected chi connectivity index (χ1v) is 9.37. The van der Waals surface area contributed by atoms with Crippen molar-refractivity contribution >= 4 is 46.1 Å². The standard InChI is InChI=1S/C20H17ClN2O2S/c1-2-13-5-3-6-15(11-13)22-19(24)14-8-9-16(21)17(12-14)23-20(25)18-7-4-10-26-18/h3-12H,2H2,1H3,(H,22,24)(H,23,25). The van der Waals surface area contributed by atoms with Gasteiger partial charge in [-0.25, -0.2) is 0 Å². The smallest absolute Gasteiger partial charge is 0.265 e. The molecule has 1 heterocycles. The zero-order valence-corrected chi connectivity index (χ0v) is 15.7. The van der Waals surface area contributed by atoms with Crippen LogP contribution in [-0.2, 0) is 6.42 Å². The molecular weight excluding hydrogens is 368 g/mol. The van der Waals surface area contributed by atoms with E-state index in [-0.39, 0.29) is 11.8 Å². The number of anilines is 2. The highest BCUT2D eigenvalue weighted by molar-refractivity contribution is 7.12. The third kappa shape index (κ3) is 4.31. The minimum absolute atomic E-state index is 0.255. The van der Waals surface area contributed by atoms with Crippen LogP contribution in [0.15, 0.2) is 60.0 Å². The Bertz CT molecular complexity index is 939. The van der Waals surface area contributed by atoms with E-state index in [9.17, 15) is 9.59 Å². The van der Waals surface area contributed by atoms with E-state index in [1.807, 2.05) is 29.6 Å². The molecule has 4 nitrogen and oxygen atoms in total. The molecule has 0 aliphatic rings. The van der Waals surface area contributed by atoms with Crippen LogP contribution in [0.25, 0.3) is 0 Å². The van der Waals surface area contributed by atoms with Gasteiger partial charge >= 0.3 is 0 Å². The van der Waals surface area contributed by atoms with Crippen LogP contribution in [0.5, 0.6) is 0 Å². The van der Waals surface area contributed by atoms with E-state index in [1.165, 1.54) is 11.3 Å². The Balaban J connectivity index is 1.77. The van der Waals surface area contributed by atoms with E-state index < -0.39 is 0 Å². The SMILES string of the molecule is CCc1cccc(NC(=O)c2ccc(Cl)c(NC(=O)c3cccs3)c2)c1. The summed E-state index contributed by atoms with van der Waals surface area (Å²) in [5.74, 6) is -0.517. The molecule has 26 heavy (non-hydrogen) atoms. The first-order chi connectivity index (χ1) is 12.6. The van der Waals surface area contributed by atoms with E-state index in [0.29, 0.717) is 21.2 Å². The molecule has 0 fully saturated rings. The minimum atomic E-state index is -0.262. The normalized spacial score (nSPS) is 10.4. The van der Waals surface area contributed by atoms with Crippen LogP contribution in [0.3, 0.4) is 0 Å². The van der Waals surface area contributed by atoms with E-state index >= 15 is 0 Å². The van der Waals surface area contributed by atoms with Crippen molar-refractivity contribution < 1.29 is 9.59 Å². The van der Waals surface area contributed by atoms with Crippen LogP contribution in [0.1, 0.15) is 32.5 Å². The highest BCUT2D eigenvalue weighted by Gasteiger charge is 2.13. The second kappa shape index (κ2) is 8.17. The molecule has 0 aliphatic heterocycles. The fourth-order valence-electron chi connectivity index (χ4n) is 2.43. The van der Waals surface area contributed by atoms with E-state index in [2.05, 4.69) is 17.6 Å².